The number of hydrogen-bond donors (Lipinski definition) is 0. The number of methoxy groups -OCH3 is 2. The fraction of sp³-hybridized carbons (Fsp3) is 0.909. The SMILES string of the molecule is CC[C@@H](COC(C)=O)[C@H](C[N+](=O)[O-])C(OC)OC. The van der Waals surface area contributed by atoms with Crippen molar-refractivity contribution >= 4 is 5.97 Å². The predicted octanol–water partition coefficient (Wildman–Crippen LogP) is 1.09. The van der Waals surface area contributed by atoms with Gasteiger partial charge in [0.15, 0.2) is 6.29 Å². The second-order valence-electron chi connectivity index (χ2n) is 3.99. The van der Waals surface area contributed by atoms with Gasteiger partial charge in [-0.1, -0.05) is 6.92 Å². The van der Waals surface area contributed by atoms with Crippen molar-refractivity contribution in [3.05, 3.63) is 10.1 Å². The molecule has 0 aliphatic carbocycles. The maximum absolute atomic E-state index is 10.8. The number of nitrogens with zero attached hydrogens (tertiary/aromatic N) is 1. The smallest absolute Gasteiger partial charge is 0.302 e. The van der Waals surface area contributed by atoms with Crippen molar-refractivity contribution in [3.63, 3.8) is 0 Å². The summed E-state index contributed by atoms with van der Waals surface area (Å²) in [5, 5.41) is 10.7. The standard InChI is InChI=1S/C11H21NO6/c1-5-9(7-18-8(2)13)10(6-12(14)15)11(16-3)17-4/h9-11H,5-7H2,1-4H3/t9-,10-/m0/s1. The van der Waals surface area contributed by atoms with Gasteiger partial charge in [0, 0.05) is 32.0 Å². The average molecular weight is 263 g/mol. The Balaban J connectivity index is 4.75. The van der Waals surface area contributed by atoms with Crippen LogP contribution in [0, 0.1) is 22.0 Å². The molecule has 0 N–H and O–H groups in total. The molecule has 0 bridgehead atoms. The Hall–Kier alpha value is -1.21. The van der Waals surface area contributed by atoms with Crippen LogP contribution in [0.3, 0.4) is 0 Å². The lowest BCUT2D eigenvalue weighted by Crippen LogP contribution is -2.38. The van der Waals surface area contributed by atoms with E-state index in [0.29, 0.717) is 6.42 Å². The van der Waals surface area contributed by atoms with Gasteiger partial charge in [-0.05, 0) is 6.42 Å². The second-order valence-corrected chi connectivity index (χ2v) is 3.99. The van der Waals surface area contributed by atoms with Crippen LogP contribution in [-0.4, -0.2) is 44.6 Å². The van der Waals surface area contributed by atoms with Crippen molar-refractivity contribution in [1.29, 1.82) is 0 Å². The average Bonchev–Trinajstić information content (AvgIpc) is 2.30. The highest BCUT2D eigenvalue weighted by molar-refractivity contribution is 5.65. The highest BCUT2D eigenvalue weighted by Crippen LogP contribution is 2.23. The molecule has 0 radical (unpaired) electrons. The zero-order valence-corrected chi connectivity index (χ0v) is 11.3. The molecular formula is C11H21NO6. The fourth-order valence-electron chi connectivity index (χ4n) is 1.84. The first-order valence-electron chi connectivity index (χ1n) is 5.76. The second kappa shape index (κ2) is 8.82. The first-order valence-corrected chi connectivity index (χ1v) is 5.76. The molecule has 0 aliphatic rings. The summed E-state index contributed by atoms with van der Waals surface area (Å²) in [5.74, 6) is -1.04. The van der Waals surface area contributed by atoms with Crippen LogP contribution in [0.1, 0.15) is 20.3 Å². The molecule has 0 unspecified atom stereocenters. The normalized spacial score (nSPS) is 14.3. The lowest BCUT2D eigenvalue weighted by molar-refractivity contribution is -0.496. The van der Waals surface area contributed by atoms with E-state index in [0.717, 1.165) is 0 Å². The zero-order valence-electron chi connectivity index (χ0n) is 11.3. The van der Waals surface area contributed by atoms with Crippen molar-refractivity contribution in [3.8, 4) is 0 Å². The first kappa shape index (κ1) is 16.8. The lowest BCUT2D eigenvalue weighted by Gasteiger charge is -2.28. The van der Waals surface area contributed by atoms with Crippen molar-refractivity contribution in [1.82, 2.24) is 0 Å². The van der Waals surface area contributed by atoms with E-state index < -0.39 is 23.1 Å². The molecular weight excluding hydrogens is 242 g/mol. The van der Waals surface area contributed by atoms with E-state index in [1.54, 1.807) is 0 Å². The minimum absolute atomic E-state index is 0.133. The van der Waals surface area contributed by atoms with Gasteiger partial charge in [0.2, 0.25) is 6.54 Å². The summed E-state index contributed by atoms with van der Waals surface area (Å²) in [6.07, 6.45) is -0.0504. The molecule has 0 fully saturated rings. The Labute approximate surface area is 107 Å². The summed E-state index contributed by atoms with van der Waals surface area (Å²) < 4.78 is 15.1. The van der Waals surface area contributed by atoms with Crippen molar-refractivity contribution in [2.24, 2.45) is 11.8 Å². The molecule has 18 heavy (non-hydrogen) atoms. The molecule has 0 spiro atoms. The molecule has 0 aliphatic heterocycles. The maximum atomic E-state index is 10.8. The number of hydrogen-bond acceptors (Lipinski definition) is 6. The third-order valence-corrected chi connectivity index (χ3v) is 2.80. The molecule has 7 nitrogen and oxygen atoms in total. The molecule has 0 aromatic heterocycles. The summed E-state index contributed by atoms with van der Waals surface area (Å²) in [5.41, 5.74) is 0. The Morgan fingerprint density at radius 1 is 1.33 bits per heavy atom. The molecule has 0 amide bonds. The molecule has 2 atom stereocenters. The summed E-state index contributed by atoms with van der Waals surface area (Å²) in [6.45, 7) is 3.03. The molecule has 0 aromatic rings. The third-order valence-electron chi connectivity index (χ3n) is 2.80. The van der Waals surface area contributed by atoms with Crippen LogP contribution < -0.4 is 0 Å². The quantitative estimate of drug-likeness (QED) is 0.268. The van der Waals surface area contributed by atoms with Crippen LogP contribution >= 0.6 is 0 Å². The molecule has 0 saturated heterocycles. The summed E-state index contributed by atoms with van der Waals surface area (Å²) in [6, 6.07) is 0. The number of rotatable bonds is 9. The van der Waals surface area contributed by atoms with E-state index in [9.17, 15) is 14.9 Å². The van der Waals surface area contributed by atoms with Crippen LogP contribution in [-0.2, 0) is 19.0 Å². The van der Waals surface area contributed by atoms with Gasteiger partial charge in [0.05, 0.1) is 12.5 Å². The van der Waals surface area contributed by atoms with Crippen LogP contribution in [0.2, 0.25) is 0 Å². The largest absolute Gasteiger partial charge is 0.466 e. The predicted molar refractivity (Wildman–Crippen MR) is 63.6 cm³/mol. The third kappa shape index (κ3) is 5.92. The van der Waals surface area contributed by atoms with Gasteiger partial charge in [-0.2, -0.15) is 0 Å². The fourth-order valence-corrected chi connectivity index (χ4v) is 1.84. The minimum atomic E-state index is -0.684. The summed E-state index contributed by atoms with van der Waals surface area (Å²) >= 11 is 0. The van der Waals surface area contributed by atoms with E-state index in [1.165, 1.54) is 21.1 Å². The van der Waals surface area contributed by atoms with Gasteiger partial charge in [0.25, 0.3) is 0 Å². The number of nitro groups is 1. The maximum Gasteiger partial charge on any atom is 0.302 e. The first-order chi connectivity index (χ1) is 8.46. The van der Waals surface area contributed by atoms with Gasteiger partial charge in [-0.3, -0.25) is 14.9 Å². The topological polar surface area (TPSA) is 87.9 Å². The molecule has 0 aromatic carbocycles. The number of ether oxygens (including phenoxy) is 3. The van der Waals surface area contributed by atoms with E-state index in [1.807, 2.05) is 6.92 Å². The van der Waals surface area contributed by atoms with Crippen LogP contribution in [0.4, 0.5) is 0 Å². The van der Waals surface area contributed by atoms with Gasteiger partial charge in [-0.25, -0.2) is 0 Å². The molecule has 0 saturated carbocycles. The highest BCUT2D eigenvalue weighted by Gasteiger charge is 2.33. The molecule has 7 heteroatoms. The zero-order chi connectivity index (χ0) is 14.1. The molecule has 0 rings (SSSR count). The molecule has 106 valence electrons. The van der Waals surface area contributed by atoms with Gasteiger partial charge in [-0.15, -0.1) is 0 Å². The van der Waals surface area contributed by atoms with Gasteiger partial charge >= 0.3 is 5.97 Å². The molecule has 0 heterocycles. The number of carbonyl (C=O) groups excluding carboxylic acids is 1. The van der Waals surface area contributed by atoms with Crippen LogP contribution in [0.25, 0.3) is 0 Å². The Kier molecular flexibility index (Phi) is 8.23. The summed E-state index contributed by atoms with van der Waals surface area (Å²) in [4.78, 5) is 21.1. The highest BCUT2D eigenvalue weighted by atomic mass is 16.7. The van der Waals surface area contributed by atoms with Crippen molar-refractivity contribution in [2.75, 3.05) is 27.4 Å². The Morgan fingerprint density at radius 2 is 1.89 bits per heavy atom. The minimum Gasteiger partial charge on any atom is -0.466 e. The monoisotopic (exact) mass is 263 g/mol. The van der Waals surface area contributed by atoms with E-state index >= 15 is 0 Å². The Morgan fingerprint density at radius 3 is 2.22 bits per heavy atom. The van der Waals surface area contributed by atoms with E-state index in [4.69, 9.17) is 14.2 Å². The van der Waals surface area contributed by atoms with Crippen molar-refractivity contribution in [2.45, 2.75) is 26.6 Å². The van der Waals surface area contributed by atoms with Crippen LogP contribution in [0.15, 0.2) is 0 Å². The number of carbonyl (C=O) groups is 1. The van der Waals surface area contributed by atoms with Crippen molar-refractivity contribution < 1.29 is 23.9 Å². The Bertz CT molecular complexity index is 266. The summed E-state index contributed by atoms with van der Waals surface area (Å²) in [7, 11) is 2.86. The lowest BCUT2D eigenvalue weighted by atomic mass is 9.90. The van der Waals surface area contributed by atoms with E-state index in [2.05, 4.69) is 0 Å². The van der Waals surface area contributed by atoms with Gasteiger partial charge in [0.1, 0.15) is 0 Å². The number of esters is 1. The van der Waals surface area contributed by atoms with Gasteiger partial charge < -0.3 is 14.2 Å². The van der Waals surface area contributed by atoms with E-state index in [-0.39, 0.29) is 19.1 Å². The van der Waals surface area contributed by atoms with Crippen LogP contribution in [0.5, 0.6) is 0 Å².